The number of nitrogens with zero attached hydrogens (tertiary/aromatic N) is 3. The molecule has 1 aliphatic heterocycles. The van der Waals surface area contributed by atoms with Crippen LogP contribution in [-0.2, 0) is 0 Å². The van der Waals surface area contributed by atoms with Crippen molar-refractivity contribution in [2.75, 3.05) is 0 Å². The third-order valence-electron chi connectivity index (χ3n) is 11.3. The molecule has 0 saturated heterocycles. The number of benzene rings is 8. The first-order valence-electron chi connectivity index (χ1n) is 19.2. The zero-order valence-corrected chi connectivity index (χ0v) is 31.4. The average molecular weight is 749 g/mol. The highest BCUT2D eigenvalue weighted by atomic mass is 32.1. The van der Waals surface area contributed by atoms with E-state index >= 15 is 0 Å². The molecular weight excluding hydrogens is 717 g/mol. The second-order valence-corrected chi connectivity index (χ2v) is 15.6. The van der Waals surface area contributed by atoms with Gasteiger partial charge in [0.05, 0.1) is 21.4 Å². The van der Waals surface area contributed by atoms with Crippen LogP contribution >= 0.6 is 11.3 Å². The quantitative estimate of drug-likeness (QED) is 0.191. The number of thiophene rings is 1. The first kappa shape index (κ1) is 32.0. The van der Waals surface area contributed by atoms with Crippen LogP contribution in [0.1, 0.15) is 22.9 Å². The summed E-state index contributed by atoms with van der Waals surface area (Å²) in [5.41, 5.74) is 10.5. The molecule has 0 radical (unpaired) electrons. The number of furan rings is 1. The fraction of sp³-hybridized carbons (Fsp3) is 0.0196. The van der Waals surface area contributed by atoms with Gasteiger partial charge in [0.1, 0.15) is 17.0 Å². The van der Waals surface area contributed by atoms with Crippen LogP contribution in [0, 0.1) is 0 Å². The van der Waals surface area contributed by atoms with Crippen molar-refractivity contribution >= 4 is 86.9 Å². The van der Waals surface area contributed by atoms with Crippen LogP contribution in [0.3, 0.4) is 0 Å². The van der Waals surface area contributed by atoms with E-state index in [1.807, 2.05) is 47.7 Å². The van der Waals surface area contributed by atoms with Gasteiger partial charge < -0.3 is 14.3 Å². The van der Waals surface area contributed by atoms with E-state index in [-0.39, 0.29) is 0 Å². The Bertz CT molecular complexity index is 3390. The predicted octanol–water partition coefficient (Wildman–Crippen LogP) is 13.2. The Hall–Kier alpha value is -7.28. The normalized spacial score (nSPS) is 14.5. The molecule has 0 bridgehead atoms. The Morgan fingerprint density at radius 2 is 1.21 bits per heavy atom. The van der Waals surface area contributed by atoms with Gasteiger partial charge in [0.25, 0.3) is 0 Å². The summed E-state index contributed by atoms with van der Waals surface area (Å²) in [6, 6.07) is 64.3. The SMILES string of the molecule is c1ccc(C2=NC(c3cccc4c3oc3cccc(-c5ccc6c(c5)sc5c(-n7c8ccccc8c8ccccc87)cccc56)c34)NC(c3ccccc3)=N2)cc1. The highest BCUT2D eigenvalue weighted by molar-refractivity contribution is 7.26. The summed E-state index contributed by atoms with van der Waals surface area (Å²) in [6.07, 6.45) is -0.403. The number of hydrogen-bond donors (Lipinski definition) is 1. The van der Waals surface area contributed by atoms with Gasteiger partial charge in [-0.15, -0.1) is 11.3 Å². The van der Waals surface area contributed by atoms with Gasteiger partial charge >= 0.3 is 0 Å². The van der Waals surface area contributed by atoms with Crippen LogP contribution in [0.25, 0.3) is 80.7 Å². The van der Waals surface area contributed by atoms with E-state index in [9.17, 15) is 0 Å². The lowest BCUT2D eigenvalue weighted by molar-refractivity contribution is 0.628. The van der Waals surface area contributed by atoms with E-state index in [2.05, 4.69) is 155 Å². The van der Waals surface area contributed by atoms with Crippen molar-refractivity contribution in [3.05, 3.63) is 199 Å². The molecule has 1 N–H and O–H groups in total. The summed E-state index contributed by atoms with van der Waals surface area (Å²) in [4.78, 5) is 10.2. The first-order valence-corrected chi connectivity index (χ1v) is 20.0. The largest absolute Gasteiger partial charge is 0.456 e. The second-order valence-electron chi connectivity index (χ2n) is 14.5. The third kappa shape index (κ3) is 5.01. The molecule has 5 nitrogen and oxygen atoms in total. The fourth-order valence-electron chi connectivity index (χ4n) is 8.70. The molecule has 12 rings (SSSR count). The average Bonchev–Trinajstić information content (AvgIpc) is 3.96. The Labute approximate surface area is 331 Å². The third-order valence-corrected chi connectivity index (χ3v) is 12.5. The van der Waals surface area contributed by atoms with Crippen molar-refractivity contribution in [2.45, 2.75) is 6.17 Å². The fourth-order valence-corrected chi connectivity index (χ4v) is 9.95. The zero-order chi connectivity index (χ0) is 37.5. The molecule has 57 heavy (non-hydrogen) atoms. The summed E-state index contributed by atoms with van der Waals surface area (Å²) in [5, 5.41) is 10.9. The number of aromatic nitrogens is 1. The maximum absolute atomic E-state index is 6.79. The van der Waals surface area contributed by atoms with Crippen LogP contribution in [-0.4, -0.2) is 16.2 Å². The minimum Gasteiger partial charge on any atom is -0.456 e. The number of hydrogen-bond acceptors (Lipinski definition) is 5. The standard InChI is InChI=1S/C51H32N4OS/c1-3-14-31(15-4-1)49-52-50(32-16-5-2-6-17-32)54-51(53-49)40-23-11-22-39-46-34(20-13-27-44(46)56-47(39)40)33-28-29-37-38-21-12-26-43(48(38)57-45(37)30-33)55-41-24-9-7-18-35(41)36-19-8-10-25-42(36)55/h1-30,51H,(H,52,53,54). The molecular formula is C51H32N4OS. The van der Waals surface area contributed by atoms with Gasteiger partial charge in [-0.2, -0.15) is 0 Å². The first-order chi connectivity index (χ1) is 28.3. The lowest BCUT2D eigenvalue weighted by atomic mass is 9.97. The van der Waals surface area contributed by atoms with Gasteiger partial charge in [0, 0.05) is 53.7 Å². The molecule has 0 fully saturated rings. The van der Waals surface area contributed by atoms with Crippen LogP contribution in [0.2, 0.25) is 0 Å². The van der Waals surface area contributed by atoms with Crippen LogP contribution in [0.5, 0.6) is 0 Å². The van der Waals surface area contributed by atoms with Gasteiger partial charge in [-0.25, -0.2) is 9.98 Å². The van der Waals surface area contributed by atoms with Crippen LogP contribution in [0.15, 0.2) is 196 Å². The monoisotopic (exact) mass is 748 g/mol. The minimum absolute atomic E-state index is 0.403. The Morgan fingerprint density at radius 1 is 0.544 bits per heavy atom. The lowest BCUT2D eigenvalue weighted by Gasteiger charge is -2.23. The molecule has 4 heterocycles. The van der Waals surface area contributed by atoms with Gasteiger partial charge in [-0.3, -0.25) is 0 Å². The topological polar surface area (TPSA) is 54.8 Å². The maximum atomic E-state index is 6.79. The zero-order valence-electron chi connectivity index (χ0n) is 30.6. The number of nitrogens with one attached hydrogen (secondary N) is 1. The van der Waals surface area contributed by atoms with Crippen molar-refractivity contribution in [2.24, 2.45) is 9.98 Å². The smallest absolute Gasteiger partial charge is 0.159 e. The van der Waals surface area contributed by atoms with Crippen LogP contribution in [0.4, 0.5) is 0 Å². The Morgan fingerprint density at radius 3 is 2.00 bits per heavy atom. The molecule has 3 aromatic heterocycles. The number of aliphatic imine (C=N–C) groups is 2. The van der Waals surface area contributed by atoms with E-state index in [0.717, 1.165) is 55.6 Å². The van der Waals surface area contributed by atoms with Gasteiger partial charge in [0.15, 0.2) is 12.0 Å². The molecule has 1 unspecified atom stereocenters. The molecule has 0 amide bonds. The molecule has 0 aliphatic carbocycles. The Kier molecular flexibility index (Phi) is 7.09. The summed E-state index contributed by atoms with van der Waals surface area (Å²) in [5.74, 6) is 1.46. The number of fused-ring (bicyclic) bond motifs is 9. The van der Waals surface area contributed by atoms with E-state index in [0.29, 0.717) is 5.84 Å². The summed E-state index contributed by atoms with van der Waals surface area (Å²) < 4.78 is 11.8. The lowest BCUT2D eigenvalue weighted by Crippen LogP contribution is -2.33. The van der Waals surface area contributed by atoms with E-state index < -0.39 is 6.17 Å². The molecule has 6 heteroatoms. The summed E-state index contributed by atoms with van der Waals surface area (Å²) in [6.45, 7) is 0. The van der Waals surface area contributed by atoms with Gasteiger partial charge in [0.2, 0.25) is 0 Å². The Balaban J connectivity index is 0.999. The highest BCUT2D eigenvalue weighted by Gasteiger charge is 2.25. The molecule has 11 aromatic rings. The van der Waals surface area contributed by atoms with Crippen molar-refractivity contribution < 1.29 is 4.42 Å². The van der Waals surface area contributed by atoms with Crippen molar-refractivity contribution in [3.63, 3.8) is 0 Å². The summed E-state index contributed by atoms with van der Waals surface area (Å²) >= 11 is 1.86. The number of amidine groups is 2. The van der Waals surface area contributed by atoms with Gasteiger partial charge in [-0.1, -0.05) is 152 Å². The van der Waals surface area contributed by atoms with E-state index in [1.54, 1.807) is 0 Å². The molecule has 0 spiro atoms. The second kappa shape index (κ2) is 12.6. The molecule has 1 aliphatic rings. The molecule has 8 aromatic carbocycles. The van der Waals surface area contributed by atoms with E-state index in [1.165, 1.54) is 47.7 Å². The number of para-hydroxylation sites is 3. The number of rotatable bonds is 5. The van der Waals surface area contributed by atoms with Crippen molar-refractivity contribution in [1.29, 1.82) is 0 Å². The van der Waals surface area contributed by atoms with Crippen LogP contribution < -0.4 is 5.32 Å². The maximum Gasteiger partial charge on any atom is 0.159 e. The summed E-state index contributed by atoms with van der Waals surface area (Å²) in [7, 11) is 0. The van der Waals surface area contributed by atoms with Crippen molar-refractivity contribution in [1.82, 2.24) is 9.88 Å². The molecule has 1 atom stereocenters. The van der Waals surface area contributed by atoms with Gasteiger partial charge in [-0.05, 0) is 41.5 Å². The predicted molar refractivity (Wildman–Crippen MR) is 238 cm³/mol. The van der Waals surface area contributed by atoms with E-state index in [4.69, 9.17) is 14.4 Å². The minimum atomic E-state index is -0.403. The molecule has 268 valence electrons. The highest BCUT2D eigenvalue weighted by Crippen LogP contribution is 2.44. The molecule has 0 saturated carbocycles. The van der Waals surface area contributed by atoms with Crippen molar-refractivity contribution in [3.8, 4) is 16.8 Å².